The van der Waals surface area contributed by atoms with E-state index in [1.807, 2.05) is 30.3 Å². The number of benzene rings is 1. The van der Waals surface area contributed by atoms with Crippen molar-refractivity contribution in [1.82, 2.24) is 0 Å². The molecule has 0 aromatic heterocycles. The summed E-state index contributed by atoms with van der Waals surface area (Å²) in [6, 6.07) is 9.77. The molecule has 0 heterocycles. The fourth-order valence-corrected chi connectivity index (χ4v) is 1.52. The standard InChI is InChI=1S/C9H10O2S/c10-9(11)7-12-6-8-4-2-1-3-5-8/h1-5H,6-7H2,(H,10,11)/p-1. The van der Waals surface area contributed by atoms with E-state index in [0.717, 1.165) is 11.3 Å². The van der Waals surface area contributed by atoms with E-state index in [0.29, 0.717) is 0 Å². The highest BCUT2D eigenvalue weighted by molar-refractivity contribution is 7.99. The Morgan fingerprint density at radius 2 is 2.00 bits per heavy atom. The summed E-state index contributed by atoms with van der Waals surface area (Å²) in [5, 5.41) is 10.1. The summed E-state index contributed by atoms with van der Waals surface area (Å²) in [5.41, 5.74) is 1.14. The van der Waals surface area contributed by atoms with Crippen LogP contribution >= 0.6 is 11.8 Å². The van der Waals surface area contributed by atoms with E-state index in [2.05, 4.69) is 0 Å². The molecule has 0 unspecified atom stereocenters. The van der Waals surface area contributed by atoms with Crippen LogP contribution in [-0.2, 0) is 10.5 Å². The van der Waals surface area contributed by atoms with E-state index in [1.165, 1.54) is 11.8 Å². The molecule has 1 rings (SSSR count). The lowest BCUT2D eigenvalue weighted by molar-refractivity contribution is -0.301. The molecule has 0 aliphatic rings. The van der Waals surface area contributed by atoms with Crippen molar-refractivity contribution >= 4 is 17.7 Å². The molecule has 0 radical (unpaired) electrons. The lowest BCUT2D eigenvalue weighted by Gasteiger charge is -2.01. The molecular weight excluding hydrogens is 172 g/mol. The zero-order valence-electron chi connectivity index (χ0n) is 6.53. The van der Waals surface area contributed by atoms with Crippen LogP contribution in [0.5, 0.6) is 0 Å². The second-order valence-corrected chi connectivity index (χ2v) is 3.34. The Balaban J connectivity index is 2.29. The number of hydrogen-bond donors (Lipinski definition) is 0. The molecule has 0 saturated carbocycles. The van der Waals surface area contributed by atoms with Gasteiger partial charge in [-0.05, 0) is 5.56 Å². The highest BCUT2D eigenvalue weighted by atomic mass is 32.2. The van der Waals surface area contributed by atoms with Crippen molar-refractivity contribution in [2.24, 2.45) is 0 Å². The van der Waals surface area contributed by atoms with Gasteiger partial charge in [0.15, 0.2) is 0 Å². The number of rotatable bonds is 4. The Hall–Kier alpha value is -0.960. The number of carboxylic acid groups (broad SMARTS) is 1. The third-order valence-corrected chi connectivity index (χ3v) is 2.31. The maximum Gasteiger partial charge on any atom is 0.0513 e. The summed E-state index contributed by atoms with van der Waals surface area (Å²) < 4.78 is 0. The van der Waals surface area contributed by atoms with E-state index in [-0.39, 0.29) is 5.75 Å². The smallest absolute Gasteiger partial charge is 0.0513 e. The first-order valence-electron chi connectivity index (χ1n) is 3.60. The lowest BCUT2D eigenvalue weighted by Crippen LogP contribution is -2.24. The number of carbonyl (C=O) groups excluding carboxylic acids is 1. The predicted octanol–water partition coefficient (Wildman–Crippen LogP) is 0.670. The monoisotopic (exact) mass is 181 g/mol. The SMILES string of the molecule is O=C([O-])CSCc1ccccc1. The van der Waals surface area contributed by atoms with Crippen LogP contribution in [0.2, 0.25) is 0 Å². The lowest BCUT2D eigenvalue weighted by atomic mass is 10.2. The number of aliphatic carboxylic acids is 1. The zero-order chi connectivity index (χ0) is 8.81. The van der Waals surface area contributed by atoms with Crippen LogP contribution in [0, 0.1) is 0 Å². The van der Waals surface area contributed by atoms with Gasteiger partial charge in [-0.2, -0.15) is 11.8 Å². The second-order valence-electron chi connectivity index (χ2n) is 2.35. The molecule has 0 saturated heterocycles. The van der Waals surface area contributed by atoms with Gasteiger partial charge in [0.05, 0.1) is 5.97 Å². The quantitative estimate of drug-likeness (QED) is 0.685. The average Bonchev–Trinajstić information content (AvgIpc) is 2.05. The van der Waals surface area contributed by atoms with E-state index >= 15 is 0 Å². The van der Waals surface area contributed by atoms with Crippen molar-refractivity contribution in [3.05, 3.63) is 35.9 Å². The van der Waals surface area contributed by atoms with Gasteiger partial charge in [0.1, 0.15) is 0 Å². The molecule has 64 valence electrons. The molecule has 0 bridgehead atoms. The van der Waals surface area contributed by atoms with Crippen molar-refractivity contribution in [1.29, 1.82) is 0 Å². The molecule has 0 spiro atoms. The highest BCUT2D eigenvalue weighted by Gasteiger charge is 1.91. The highest BCUT2D eigenvalue weighted by Crippen LogP contribution is 2.10. The minimum Gasteiger partial charge on any atom is -0.549 e. The van der Waals surface area contributed by atoms with Gasteiger partial charge in [-0.1, -0.05) is 30.3 Å². The first kappa shape index (κ1) is 9.13. The van der Waals surface area contributed by atoms with E-state index in [4.69, 9.17) is 0 Å². The Morgan fingerprint density at radius 3 is 2.58 bits per heavy atom. The third kappa shape index (κ3) is 3.44. The fourth-order valence-electron chi connectivity index (χ4n) is 0.826. The summed E-state index contributed by atoms with van der Waals surface area (Å²) in [7, 11) is 0. The van der Waals surface area contributed by atoms with Crippen LogP contribution in [0.15, 0.2) is 30.3 Å². The minimum absolute atomic E-state index is 0.0644. The van der Waals surface area contributed by atoms with Crippen LogP contribution in [0.1, 0.15) is 5.56 Å². The molecule has 2 nitrogen and oxygen atoms in total. The third-order valence-electron chi connectivity index (χ3n) is 1.33. The topological polar surface area (TPSA) is 40.1 Å². The molecule has 0 aliphatic heterocycles. The summed E-state index contributed by atoms with van der Waals surface area (Å²) in [5.74, 6) is -0.208. The van der Waals surface area contributed by atoms with Gasteiger partial charge in [-0.15, -0.1) is 0 Å². The van der Waals surface area contributed by atoms with E-state index < -0.39 is 5.97 Å². The molecule has 1 aromatic rings. The van der Waals surface area contributed by atoms with Crippen LogP contribution in [-0.4, -0.2) is 11.7 Å². The maximum atomic E-state index is 10.1. The predicted molar refractivity (Wildman–Crippen MR) is 47.6 cm³/mol. The zero-order valence-corrected chi connectivity index (χ0v) is 7.34. The summed E-state index contributed by atoms with van der Waals surface area (Å²) in [6.45, 7) is 0. The summed E-state index contributed by atoms with van der Waals surface area (Å²) >= 11 is 1.35. The first-order valence-corrected chi connectivity index (χ1v) is 4.76. The van der Waals surface area contributed by atoms with E-state index in [1.54, 1.807) is 0 Å². The first-order chi connectivity index (χ1) is 5.79. The fraction of sp³-hybridized carbons (Fsp3) is 0.222. The van der Waals surface area contributed by atoms with Crippen molar-refractivity contribution in [3.8, 4) is 0 Å². The normalized spacial score (nSPS) is 9.67. The molecular formula is C9H9O2S-. The molecule has 3 heteroatoms. The second kappa shape index (κ2) is 4.83. The summed E-state index contributed by atoms with van der Waals surface area (Å²) in [4.78, 5) is 10.1. The van der Waals surface area contributed by atoms with Crippen molar-refractivity contribution in [2.45, 2.75) is 5.75 Å². The number of carboxylic acids is 1. The Kier molecular flexibility index (Phi) is 3.67. The van der Waals surface area contributed by atoms with Crippen molar-refractivity contribution < 1.29 is 9.90 Å². The maximum absolute atomic E-state index is 10.1. The molecule has 0 atom stereocenters. The van der Waals surface area contributed by atoms with E-state index in [9.17, 15) is 9.90 Å². The van der Waals surface area contributed by atoms with Crippen LogP contribution < -0.4 is 5.11 Å². The average molecular weight is 181 g/mol. The Labute approximate surface area is 75.6 Å². The largest absolute Gasteiger partial charge is 0.549 e. The van der Waals surface area contributed by atoms with Gasteiger partial charge in [-0.3, -0.25) is 0 Å². The molecule has 1 aromatic carbocycles. The van der Waals surface area contributed by atoms with Gasteiger partial charge < -0.3 is 9.90 Å². The van der Waals surface area contributed by atoms with Crippen LogP contribution in [0.3, 0.4) is 0 Å². The molecule has 12 heavy (non-hydrogen) atoms. The Bertz CT molecular complexity index is 246. The van der Waals surface area contributed by atoms with Gasteiger partial charge in [0.25, 0.3) is 0 Å². The molecule has 0 aliphatic carbocycles. The molecule has 0 N–H and O–H groups in total. The van der Waals surface area contributed by atoms with Gasteiger partial charge in [0.2, 0.25) is 0 Å². The number of thioether (sulfide) groups is 1. The van der Waals surface area contributed by atoms with Gasteiger partial charge in [-0.25, -0.2) is 0 Å². The van der Waals surface area contributed by atoms with Gasteiger partial charge in [0, 0.05) is 11.5 Å². The summed E-state index contributed by atoms with van der Waals surface area (Å²) in [6.07, 6.45) is 0. The minimum atomic E-state index is -1.00. The van der Waals surface area contributed by atoms with Crippen molar-refractivity contribution in [2.75, 3.05) is 5.75 Å². The molecule has 0 amide bonds. The molecule has 0 fully saturated rings. The van der Waals surface area contributed by atoms with Crippen LogP contribution in [0.4, 0.5) is 0 Å². The Morgan fingerprint density at radius 1 is 1.33 bits per heavy atom. The van der Waals surface area contributed by atoms with Crippen LogP contribution in [0.25, 0.3) is 0 Å². The van der Waals surface area contributed by atoms with Crippen molar-refractivity contribution in [3.63, 3.8) is 0 Å². The number of carbonyl (C=O) groups is 1. The van der Waals surface area contributed by atoms with Gasteiger partial charge >= 0.3 is 0 Å². The number of hydrogen-bond acceptors (Lipinski definition) is 3.